The van der Waals surface area contributed by atoms with Crippen LogP contribution < -0.4 is 0 Å². The maximum atomic E-state index is 9.19. The van der Waals surface area contributed by atoms with E-state index in [1.165, 1.54) is 0 Å². The van der Waals surface area contributed by atoms with Crippen LogP contribution >= 0.6 is 15.9 Å². The third-order valence-corrected chi connectivity index (χ3v) is 3.03. The molecule has 0 spiro atoms. The highest BCUT2D eigenvalue weighted by Crippen LogP contribution is 2.21. The number of para-hydroxylation sites is 1. The van der Waals surface area contributed by atoms with Gasteiger partial charge in [0.05, 0.1) is 18.4 Å². The van der Waals surface area contributed by atoms with E-state index in [4.69, 9.17) is 0 Å². The Hall–Kier alpha value is -1.17. The Morgan fingerprint density at radius 1 is 1.38 bits per heavy atom. The van der Waals surface area contributed by atoms with Crippen molar-refractivity contribution >= 4 is 15.9 Å². The Labute approximate surface area is 102 Å². The number of benzene rings is 1. The van der Waals surface area contributed by atoms with Crippen LogP contribution in [-0.4, -0.2) is 27.1 Å². The molecule has 0 unspecified atom stereocenters. The first kappa shape index (κ1) is 11.3. The van der Waals surface area contributed by atoms with Crippen molar-refractivity contribution in [2.24, 2.45) is 0 Å². The summed E-state index contributed by atoms with van der Waals surface area (Å²) in [4.78, 5) is 0. The molecule has 0 amide bonds. The summed E-state index contributed by atoms with van der Waals surface area (Å²) in [7, 11) is 1.60. The van der Waals surface area contributed by atoms with Gasteiger partial charge in [0.25, 0.3) is 0 Å². The zero-order chi connectivity index (χ0) is 11.5. The minimum absolute atomic E-state index is 0.438. The molecular weight excluding hydrogens is 270 g/mol. The van der Waals surface area contributed by atoms with Gasteiger partial charge in [-0.15, -0.1) is 0 Å². The molecule has 1 N–H and O–H groups in total. The number of nitrogens with zero attached hydrogens (tertiary/aromatic N) is 3. The summed E-state index contributed by atoms with van der Waals surface area (Å²) < 4.78 is 2.65. The maximum absolute atomic E-state index is 9.19. The lowest BCUT2D eigenvalue weighted by molar-refractivity contribution is -0.0733. The Bertz CT molecular complexity index is 467. The minimum Gasteiger partial charge on any atom is -0.314 e. The average molecular weight is 282 g/mol. The van der Waals surface area contributed by atoms with E-state index in [2.05, 4.69) is 21.0 Å². The van der Waals surface area contributed by atoms with Crippen LogP contribution in [-0.2, 0) is 6.54 Å². The lowest BCUT2D eigenvalue weighted by atomic mass is 10.3. The second-order valence-electron chi connectivity index (χ2n) is 3.52. The predicted molar refractivity (Wildman–Crippen MR) is 64.5 cm³/mol. The number of hydrogen-bond acceptors (Lipinski definition) is 3. The molecule has 1 aromatic carbocycles. The van der Waals surface area contributed by atoms with Gasteiger partial charge in [0.1, 0.15) is 4.60 Å². The molecule has 0 radical (unpaired) electrons. The van der Waals surface area contributed by atoms with Crippen LogP contribution in [0.15, 0.2) is 41.1 Å². The monoisotopic (exact) mass is 281 g/mol. The fourth-order valence-electron chi connectivity index (χ4n) is 1.47. The number of halogens is 1. The van der Waals surface area contributed by atoms with Gasteiger partial charge in [-0.1, -0.05) is 18.2 Å². The first-order chi connectivity index (χ1) is 7.68. The summed E-state index contributed by atoms with van der Waals surface area (Å²) >= 11 is 3.48. The van der Waals surface area contributed by atoms with Crippen molar-refractivity contribution in [3.8, 4) is 5.69 Å². The largest absolute Gasteiger partial charge is 0.314 e. The van der Waals surface area contributed by atoms with Crippen LogP contribution in [0.25, 0.3) is 5.69 Å². The van der Waals surface area contributed by atoms with Crippen LogP contribution in [0.4, 0.5) is 0 Å². The molecule has 84 valence electrons. The molecule has 2 rings (SSSR count). The average Bonchev–Trinajstić information content (AvgIpc) is 2.61. The second kappa shape index (κ2) is 4.78. The Balaban J connectivity index is 2.34. The maximum Gasteiger partial charge on any atom is 0.114 e. The quantitative estimate of drug-likeness (QED) is 0.879. The standard InChI is InChI=1S/C11H12BrN3O/c1-14(16)8-9-7-13-15(11(9)12)10-5-3-2-4-6-10/h2-7,16H,8H2,1H3. The molecule has 1 heterocycles. The topological polar surface area (TPSA) is 41.3 Å². The van der Waals surface area contributed by atoms with E-state index in [0.717, 1.165) is 20.9 Å². The highest BCUT2D eigenvalue weighted by Gasteiger charge is 2.10. The van der Waals surface area contributed by atoms with Gasteiger partial charge in [-0.25, -0.2) is 4.68 Å². The fourth-order valence-corrected chi connectivity index (χ4v) is 1.99. The van der Waals surface area contributed by atoms with Gasteiger partial charge >= 0.3 is 0 Å². The molecule has 16 heavy (non-hydrogen) atoms. The van der Waals surface area contributed by atoms with Gasteiger partial charge in [-0.05, 0) is 28.1 Å². The van der Waals surface area contributed by atoms with Gasteiger partial charge in [-0.3, -0.25) is 0 Å². The minimum atomic E-state index is 0.438. The molecule has 0 saturated carbocycles. The molecule has 0 aliphatic heterocycles. The zero-order valence-electron chi connectivity index (χ0n) is 8.84. The lowest BCUT2D eigenvalue weighted by Crippen LogP contribution is -2.11. The number of hydroxylamine groups is 2. The molecule has 0 bridgehead atoms. The normalized spacial score (nSPS) is 11.0. The Morgan fingerprint density at radius 2 is 2.06 bits per heavy atom. The van der Waals surface area contributed by atoms with Crippen LogP contribution in [0.2, 0.25) is 0 Å². The summed E-state index contributed by atoms with van der Waals surface area (Å²) in [6.07, 6.45) is 1.74. The number of hydrogen-bond donors (Lipinski definition) is 1. The van der Waals surface area contributed by atoms with Gasteiger partial charge in [0.15, 0.2) is 0 Å². The number of rotatable bonds is 3. The molecular formula is C11H12BrN3O. The molecule has 1 aromatic heterocycles. The van der Waals surface area contributed by atoms with E-state index >= 15 is 0 Å². The van der Waals surface area contributed by atoms with E-state index in [1.807, 2.05) is 30.3 Å². The molecule has 0 fully saturated rings. The Kier molecular flexibility index (Phi) is 3.38. The van der Waals surface area contributed by atoms with Gasteiger partial charge < -0.3 is 5.21 Å². The van der Waals surface area contributed by atoms with Gasteiger partial charge in [0, 0.05) is 12.6 Å². The van der Waals surface area contributed by atoms with Crippen molar-refractivity contribution in [1.29, 1.82) is 0 Å². The molecule has 0 aliphatic rings. The van der Waals surface area contributed by atoms with Gasteiger partial charge in [0.2, 0.25) is 0 Å². The molecule has 0 atom stereocenters. The highest BCUT2D eigenvalue weighted by molar-refractivity contribution is 9.10. The van der Waals surface area contributed by atoms with Crippen molar-refractivity contribution in [3.63, 3.8) is 0 Å². The second-order valence-corrected chi connectivity index (χ2v) is 4.27. The van der Waals surface area contributed by atoms with Crippen molar-refractivity contribution in [1.82, 2.24) is 14.8 Å². The van der Waals surface area contributed by atoms with Crippen molar-refractivity contribution in [2.45, 2.75) is 6.54 Å². The Morgan fingerprint density at radius 3 is 2.69 bits per heavy atom. The van der Waals surface area contributed by atoms with Crippen LogP contribution in [0, 0.1) is 0 Å². The first-order valence-electron chi connectivity index (χ1n) is 4.86. The van der Waals surface area contributed by atoms with Crippen molar-refractivity contribution in [3.05, 3.63) is 46.7 Å². The first-order valence-corrected chi connectivity index (χ1v) is 5.65. The zero-order valence-corrected chi connectivity index (χ0v) is 10.4. The third kappa shape index (κ3) is 2.32. The highest BCUT2D eigenvalue weighted by atomic mass is 79.9. The summed E-state index contributed by atoms with van der Waals surface area (Å²) in [5.41, 5.74) is 1.93. The number of aromatic nitrogens is 2. The smallest absolute Gasteiger partial charge is 0.114 e. The molecule has 5 heteroatoms. The molecule has 4 nitrogen and oxygen atoms in total. The van der Waals surface area contributed by atoms with Crippen LogP contribution in [0.3, 0.4) is 0 Å². The van der Waals surface area contributed by atoms with E-state index in [9.17, 15) is 5.21 Å². The van der Waals surface area contributed by atoms with Gasteiger partial charge in [-0.2, -0.15) is 10.2 Å². The summed E-state index contributed by atoms with van der Waals surface area (Å²) in [5.74, 6) is 0. The van der Waals surface area contributed by atoms with Crippen LogP contribution in [0.1, 0.15) is 5.56 Å². The van der Waals surface area contributed by atoms with E-state index < -0.39 is 0 Å². The van der Waals surface area contributed by atoms with Crippen molar-refractivity contribution in [2.75, 3.05) is 7.05 Å². The summed E-state index contributed by atoms with van der Waals surface area (Å²) in [5, 5.41) is 14.6. The molecule has 2 aromatic rings. The fraction of sp³-hybridized carbons (Fsp3) is 0.182. The van der Waals surface area contributed by atoms with E-state index in [0.29, 0.717) is 6.54 Å². The SMILES string of the molecule is CN(O)Cc1cnn(-c2ccccc2)c1Br. The third-order valence-electron chi connectivity index (χ3n) is 2.18. The van der Waals surface area contributed by atoms with E-state index in [1.54, 1.807) is 17.9 Å². The summed E-state index contributed by atoms with van der Waals surface area (Å²) in [6.45, 7) is 0.438. The van der Waals surface area contributed by atoms with Crippen LogP contribution in [0.5, 0.6) is 0 Å². The molecule has 0 aliphatic carbocycles. The predicted octanol–water partition coefficient (Wildman–Crippen LogP) is 2.46. The van der Waals surface area contributed by atoms with Crippen molar-refractivity contribution < 1.29 is 5.21 Å². The molecule has 0 saturated heterocycles. The summed E-state index contributed by atoms with van der Waals surface area (Å²) in [6, 6.07) is 9.83. The van der Waals surface area contributed by atoms with E-state index in [-0.39, 0.29) is 0 Å². The lowest BCUT2D eigenvalue weighted by Gasteiger charge is -2.07.